The van der Waals surface area contributed by atoms with E-state index in [1.165, 1.54) is 109 Å². The normalized spacial score (nSPS) is 12.6. The van der Waals surface area contributed by atoms with E-state index in [4.69, 9.17) is 9.47 Å². The number of aliphatic hydroxyl groups is 1. The molecule has 0 aromatic carbocycles. The SMILES string of the molecule is CCCCC/C=C\C/C=C\C/C=C\C=C\C(=O)CCCC(=O)OC[C@H](O)COC(=O)CCCCCCCCCCCCCCCCCC. The third kappa shape index (κ3) is 36.4. The zero-order valence-corrected chi connectivity index (χ0v) is 31.0. The van der Waals surface area contributed by atoms with Crippen LogP contribution in [0.15, 0.2) is 48.6 Å². The molecule has 0 aliphatic rings. The molecule has 0 saturated carbocycles. The Kier molecular flexibility index (Phi) is 35.4. The molecule has 48 heavy (non-hydrogen) atoms. The Morgan fingerprint density at radius 1 is 0.500 bits per heavy atom. The average Bonchev–Trinajstić information content (AvgIpc) is 3.08. The molecule has 0 saturated heterocycles. The predicted molar refractivity (Wildman–Crippen MR) is 201 cm³/mol. The Morgan fingerprint density at radius 2 is 0.938 bits per heavy atom. The third-order valence-corrected chi connectivity index (χ3v) is 8.29. The number of carbonyl (C=O) groups is 3. The van der Waals surface area contributed by atoms with Gasteiger partial charge in [-0.2, -0.15) is 0 Å². The van der Waals surface area contributed by atoms with E-state index in [9.17, 15) is 19.5 Å². The van der Waals surface area contributed by atoms with E-state index in [1.807, 2.05) is 12.2 Å². The number of rotatable bonds is 35. The van der Waals surface area contributed by atoms with E-state index in [0.29, 0.717) is 12.8 Å². The zero-order chi connectivity index (χ0) is 35.2. The molecule has 0 aliphatic heterocycles. The first-order valence-electron chi connectivity index (χ1n) is 19.6. The quantitative estimate of drug-likeness (QED) is 0.0237. The summed E-state index contributed by atoms with van der Waals surface area (Å²) in [5.41, 5.74) is 0. The molecule has 1 N–H and O–H groups in total. The lowest BCUT2D eigenvalue weighted by atomic mass is 10.0. The van der Waals surface area contributed by atoms with Crippen molar-refractivity contribution in [2.24, 2.45) is 0 Å². The minimum atomic E-state index is -1.05. The fourth-order valence-electron chi connectivity index (χ4n) is 5.27. The Bertz CT molecular complexity index is 871. The van der Waals surface area contributed by atoms with Crippen LogP contribution in [0.2, 0.25) is 0 Å². The maximum atomic E-state index is 12.0. The molecule has 0 rings (SSSR count). The van der Waals surface area contributed by atoms with Gasteiger partial charge in [0.2, 0.25) is 0 Å². The molecule has 0 radical (unpaired) electrons. The molecular weight excluding hydrogens is 600 g/mol. The van der Waals surface area contributed by atoms with Crippen molar-refractivity contribution >= 4 is 17.7 Å². The van der Waals surface area contributed by atoms with Gasteiger partial charge in [-0.1, -0.05) is 166 Å². The van der Waals surface area contributed by atoms with E-state index in [1.54, 1.807) is 6.08 Å². The Balaban J connectivity index is 3.62. The maximum Gasteiger partial charge on any atom is 0.305 e. The summed E-state index contributed by atoms with van der Waals surface area (Å²) in [7, 11) is 0. The van der Waals surface area contributed by atoms with Crippen molar-refractivity contribution in [2.75, 3.05) is 13.2 Å². The standard InChI is InChI=1S/C42H72O6/c1-3-5-7-9-11-13-15-17-18-19-21-23-25-27-29-31-35-41(45)47-37-40(44)38-48-42(46)36-32-34-39(43)33-30-28-26-24-22-20-16-14-12-10-8-6-4-2/h12,14,20,22,26,28,30,33,40,44H,3-11,13,15-19,21,23-25,27,29,31-32,34-38H2,1-2H3/b14-12-,22-20-,28-26-,33-30+/t40-/m1/s1. The fourth-order valence-corrected chi connectivity index (χ4v) is 5.27. The van der Waals surface area contributed by atoms with Gasteiger partial charge >= 0.3 is 11.9 Å². The second-order valence-corrected chi connectivity index (χ2v) is 13.1. The van der Waals surface area contributed by atoms with Crippen molar-refractivity contribution < 1.29 is 29.0 Å². The van der Waals surface area contributed by atoms with Gasteiger partial charge < -0.3 is 14.6 Å². The van der Waals surface area contributed by atoms with Crippen molar-refractivity contribution in [1.29, 1.82) is 0 Å². The van der Waals surface area contributed by atoms with Gasteiger partial charge in [-0.05, 0) is 44.6 Å². The van der Waals surface area contributed by atoms with Gasteiger partial charge in [0, 0.05) is 19.3 Å². The van der Waals surface area contributed by atoms with Crippen LogP contribution >= 0.6 is 0 Å². The lowest BCUT2D eigenvalue weighted by Crippen LogP contribution is -2.25. The Labute approximate surface area is 294 Å². The van der Waals surface area contributed by atoms with Gasteiger partial charge in [-0.15, -0.1) is 0 Å². The smallest absolute Gasteiger partial charge is 0.305 e. The number of carbonyl (C=O) groups excluding carboxylic acids is 3. The predicted octanol–water partition coefficient (Wildman–Crippen LogP) is 11.4. The van der Waals surface area contributed by atoms with Gasteiger partial charge in [-0.25, -0.2) is 0 Å². The maximum absolute atomic E-state index is 12.0. The molecule has 0 amide bonds. The van der Waals surface area contributed by atoms with Gasteiger partial charge in [0.1, 0.15) is 19.3 Å². The van der Waals surface area contributed by atoms with Crippen molar-refractivity contribution in [3.8, 4) is 0 Å². The number of ketones is 1. The number of esters is 2. The second kappa shape index (κ2) is 37.4. The zero-order valence-electron chi connectivity index (χ0n) is 31.0. The first-order chi connectivity index (χ1) is 23.5. The Hall–Kier alpha value is -2.47. The first kappa shape index (κ1) is 45.5. The molecule has 276 valence electrons. The highest BCUT2D eigenvalue weighted by Crippen LogP contribution is 2.14. The summed E-state index contributed by atoms with van der Waals surface area (Å²) >= 11 is 0. The topological polar surface area (TPSA) is 89.9 Å². The van der Waals surface area contributed by atoms with Gasteiger partial charge in [0.15, 0.2) is 5.78 Å². The van der Waals surface area contributed by atoms with Crippen LogP contribution in [0.3, 0.4) is 0 Å². The van der Waals surface area contributed by atoms with Crippen LogP contribution in [0.1, 0.15) is 181 Å². The number of ether oxygens (including phenoxy) is 2. The highest BCUT2D eigenvalue weighted by atomic mass is 16.6. The van der Waals surface area contributed by atoms with Crippen molar-refractivity contribution in [1.82, 2.24) is 0 Å². The highest BCUT2D eigenvalue weighted by molar-refractivity contribution is 5.90. The summed E-state index contributed by atoms with van der Waals surface area (Å²) in [4.78, 5) is 35.9. The second-order valence-electron chi connectivity index (χ2n) is 13.1. The number of allylic oxidation sites excluding steroid dienone is 8. The summed E-state index contributed by atoms with van der Waals surface area (Å²) in [6.45, 7) is 4.06. The average molecular weight is 673 g/mol. The van der Waals surface area contributed by atoms with E-state index in [-0.39, 0.29) is 37.8 Å². The molecule has 0 aromatic rings. The first-order valence-corrected chi connectivity index (χ1v) is 19.6. The van der Waals surface area contributed by atoms with Crippen LogP contribution in [-0.2, 0) is 23.9 Å². The molecule has 6 nitrogen and oxygen atoms in total. The summed E-state index contributed by atoms with van der Waals surface area (Å²) < 4.78 is 10.2. The highest BCUT2D eigenvalue weighted by Gasteiger charge is 2.12. The molecule has 6 heteroatoms. The van der Waals surface area contributed by atoms with Crippen LogP contribution in [-0.4, -0.2) is 42.1 Å². The van der Waals surface area contributed by atoms with E-state index < -0.39 is 12.1 Å². The van der Waals surface area contributed by atoms with Crippen LogP contribution in [0.4, 0.5) is 0 Å². The molecule has 0 heterocycles. The van der Waals surface area contributed by atoms with Crippen LogP contribution in [0.25, 0.3) is 0 Å². The van der Waals surface area contributed by atoms with Gasteiger partial charge in [0.05, 0.1) is 0 Å². The molecular formula is C42H72O6. The molecule has 0 fully saturated rings. The largest absolute Gasteiger partial charge is 0.463 e. The third-order valence-electron chi connectivity index (χ3n) is 8.29. The van der Waals surface area contributed by atoms with E-state index in [0.717, 1.165) is 38.5 Å². The number of hydrogen-bond acceptors (Lipinski definition) is 6. The molecule has 0 unspecified atom stereocenters. The summed E-state index contributed by atoms with van der Waals surface area (Å²) in [6, 6.07) is 0. The molecule has 0 bridgehead atoms. The van der Waals surface area contributed by atoms with Gasteiger partial charge in [0.25, 0.3) is 0 Å². The molecule has 0 spiro atoms. The molecule has 0 aliphatic carbocycles. The van der Waals surface area contributed by atoms with E-state index >= 15 is 0 Å². The lowest BCUT2D eigenvalue weighted by Gasteiger charge is -2.12. The number of aliphatic hydroxyl groups excluding tert-OH is 1. The number of unbranched alkanes of at least 4 members (excludes halogenated alkanes) is 18. The number of hydrogen-bond donors (Lipinski definition) is 1. The Morgan fingerprint density at radius 3 is 1.48 bits per heavy atom. The molecule has 1 atom stereocenters. The van der Waals surface area contributed by atoms with Crippen LogP contribution < -0.4 is 0 Å². The van der Waals surface area contributed by atoms with Gasteiger partial charge in [-0.3, -0.25) is 14.4 Å². The van der Waals surface area contributed by atoms with Crippen molar-refractivity contribution in [3.05, 3.63) is 48.6 Å². The summed E-state index contributed by atoms with van der Waals surface area (Å²) in [6.07, 6.45) is 43.1. The van der Waals surface area contributed by atoms with Crippen molar-refractivity contribution in [3.63, 3.8) is 0 Å². The fraction of sp³-hybridized carbons (Fsp3) is 0.738. The lowest BCUT2D eigenvalue weighted by molar-refractivity contribution is -0.152. The van der Waals surface area contributed by atoms with Crippen LogP contribution in [0.5, 0.6) is 0 Å². The molecule has 0 aromatic heterocycles. The van der Waals surface area contributed by atoms with Crippen LogP contribution in [0, 0.1) is 0 Å². The summed E-state index contributed by atoms with van der Waals surface area (Å²) in [5, 5.41) is 9.99. The summed E-state index contributed by atoms with van der Waals surface area (Å²) in [5.74, 6) is -0.857. The monoisotopic (exact) mass is 673 g/mol. The van der Waals surface area contributed by atoms with Crippen molar-refractivity contribution in [2.45, 2.75) is 187 Å². The minimum absolute atomic E-state index is 0.0486. The van der Waals surface area contributed by atoms with E-state index in [2.05, 4.69) is 38.2 Å². The minimum Gasteiger partial charge on any atom is -0.463 e.